The van der Waals surface area contributed by atoms with Gasteiger partial charge in [-0.3, -0.25) is 4.79 Å². The molecule has 4 nitrogen and oxygen atoms in total. The number of hydrogen-bond donors (Lipinski definition) is 0. The third-order valence-electron chi connectivity index (χ3n) is 5.54. The fourth-order valence-corrected chi connectivity index (χ4v) is 5.09. The zero-order valence-electron chi connectivity index (χ0n) is 13.4. The molecule has 2 aliphatic rings. The van der Waals surface area contributed by atoms with Gasteiger partial charge in [-0.1, -0.05) is 6.92 Å². The second-order valence-corrected chi connectivity index (χ2v) is 9.38. The minimum atomic E-state index is -2.90. The number of sulfone groups is 1. The van der Waals surface area contributed by atoms with Gasteiger partial charge in [-0.2, -0.15) is 0 Å². The van der Waals surface area contributed by atoms with Crippen LogP contribution < -0.4 is 0 Å². The summed E-state index contributed by atoms with van der Waals surface area (Å²) in [7, 11) is -2.90. The molecule has 122 valence electrons. The Morgan fingerprint density at radius 3 is 2.76 bits per heavy atom. The van der Waals surface area contributed by atoms with Crippen molar-refractivity contribution in [1.82, 2.24) is 0 Å². The van der Waals surface area contributed by atoms with Gasteiger partial charge in [0.15, 0.2) is 0 Å². The normalized spacial score (nSPS) is 34.7. The minimum absolute atomic E-state index is 0.0889. The van der Waals surface area contributed by atoms with Crippen molar-refractivity contribution in [3.8, 4) is 0 Å². The maximum absolute atomic E-state index is 12.1. The van der Waals surface area contributed by atoms with Crippen molar-refractivity contribution in [2.24, 2.45) is 17.3 Å². The molecule has 0 aliphatic heterocycles. The minimum Gasteiger partial charge on any atom is -0.378 e. The summed E-state index contributed by atoms with van der Waals surface area (Å²) in [5.74, 6) is 1.27. The van der Waals surface area contributed by atoms with Gasteiger partial charge in [0.1, 0.15) is 15.6 Å². The lowest BCUT2D eigenvalue weighted by atomic mass is 9.64. The van der Waals surface area contributed by atoms with E-state index in [0.29, 0.717) is 24.7 Å². The Labute approximate surface area is 128 Å². The molecular formula is C16H28O4S. The van der Waals surface area contributed by atoms with Crippen LogP contribution in [0.2, 0.25) is 0 Å². The van der Waals surface area contributed by atoms with E-state index in [1.165, 1.54) is 6.26 Å². The Morgan fingerprint density at radius 1 is 1.38 bits per heavy atom. The quantitative estimate of drug-likeness (QED) is 0.707. The molecule has 0 N–H and O–H groups in total. The summed E-state index contributed by atoms with van der Waals surface area (Å²) in [5, 5.41) is 0. The lowest BCUT2D eigenvalue weighted by Crippen LogP contribution is -2.41. The maximum atomic E-state index is 12.1. The van der Waals surface area contributed by atoms with Gasteiger partial charge in [-0.05, 0) is 50.4 Å². The Hall–Kier alpha value is -0.420. The first-order valence-electron chi connectivity index (χ1n) is 8.06. The lowest BCUT2D eigenvalue weighted by Gasteiger charge is -2.42. The molecule has 4 atom stereocenters. The van der Waals surface area contributed by atoms with Gasteiger partial charge in [-0.15, -0.1) is 0 Å². The van der Waals surface area contributed by atoms with Crippen LogP contribution in [0.4, 0.5) is 0 Å². The molecule has 0 heterocycles. The van der Waals surface area contributed by atoms with E-state index >= 15 is 0 Å². The summed E-state index contributed by atoms with van der Waals surface area (Å²) < 4.78 is 28.1. The average Bonchev–Trinajstić information content (AvgIpc) is 2.72. The molecule has 0 aromatic carbocycles. The number of Topliss-reactive ketones (excluding diaryl/α,β-unsaturated/α-hetero) is 1. The maximum Gasteiger partial charge on any atom is 0.147 e. The van der Waals surface area contributed by atoms with E-state index in [2.05, 4.69) is 13.8 Å². The molecule has 2 fully saturated rings. The molecule has 0 aromatic heterocycles. The highest BCUT2D eigenvalue weighted by Gasteiger charge is 2.52. The van der Waals surface area contributed by atoms with E-state index in [4.69, 9.17) is 4.74 Å². The Morgan fingerprint density at radius 2 is 2.10 bits per heavy atom. The molecule has 2 rings (SSSR count). The zero-order valence-corrected chi connectivity index (χ0v) is 14.2. The Balaban J connectivity index is 1.88. The first kappa shape index (κ1) is 16.9. The predicted octanol–water partition coefficient (Wildman–Crippen LogP) is 2.61. The van der Waals surface area contributed by atoms with Crippen LogP contribution in [0.25, 0.3) is 0 Å². The van der Waals surface area contributed by atoms with Crippen LogP contribution in [-0.4, -0.2) is 38.9 Å². The van der Waals surface area contributed by atoms with Crippen LogP contribution in [0.15, 0.2) is 0 Å². The third kappa shape index (κ3) is 3.86. The van der Waals surface area contributed by atoms with Gasteiger partial charge in [-0.25, -0.2) is 8.42 Å². The zero-order chi connectivity index (χ0) is 15.7. The van der Waals surface area contributed by atoms with Crippen molar-refractivity contribution in [1.29, 1.82) is 0 Å². The summed E-state index contributed by atoms with van der Waals surface area (Å²) in [5.41, 5.74) is 0.0889. The highest BCUT2D eigenvalue weighted by atomic mass is 32.2. The SMILES string of the molecule is CC(OCCCS(C)(=O)=O)C1CCC2C(=O)CCCC21C. The van der Waals surface area contributed by atoms with E-state index < -0.39 is 9.84 Å². The smallest absolute Gasteiger partial charge is 0.147 e. The first-order chi connectivity index (χ1) is 9.74. The summed E-state index contributed by atoms with van der Waals surface area (Å²) in [6, 6.07) is 0. The molecule has 2 aliphatic carbocycles. The number of ether oxygens (including phenoxy) is 1. The second kappa shape index (κ2) is 6.37. The van der Waals surface area contributed by atoms with Crippen LogP contribution >= 0.6 is 0 Å². The molecule has 0 bridgehead atoms. The second-order valence-electron chi connectivity index (χ2n) is 7.12. The van der Waals surface area contributed by atoms with Gasteiger partial charge in [0.2, 0.25) is 0 Å². The molecule has 0 aromatic rings. The van der Waals surface area contributed by atoms with Crippen LogP contribution in [-0.2, 0) is 19.4 Å². The average molecular weight is 316 g/mol. The van der Waals surface area contributed by atoms with E-state index in [1.54, 1.807) is 0 Å². The van der Waals surface area contributed by atoms with Crippen molar-refractivity contribution in [3.63, 3.8) is 0 Å². The molecule has 0 saturated heterocycles. The fourth-order valence-electron chi connectivity index (χ4n) is 4.45. The van der Waals surface area contributed by atoms with E-state index in [9.17, 15) is 13.2 Å². The van der Waals surface area contributed by atoms with Crippen molar-refractivity contribution < 1.29 is 17.9 Å². The summed E-state index contributed by atoms with van der Waals surface area (Å²) >= 11 is 0. The Kier molecular flexibility index (Phi) is 5.14. The highest BCUT2D eigenvalue weighted by Crippen LogP contribution is 2.55. The molecule has 0 amide bonds. The predicted molar refractivity (Wildman–Crippen MR) is 82.9 cm³/mol. The highest BCUT2D eigenvalue weighted by molar-refractivity contribution is 7.90. The van der Waals surface area contributed by atoms with Crippen LogP contribution in [0.5, 0.6) is 0 Å². The molecule has 4 unspecified atom stereocenters. The van der Waals surface area contributed by atoms with Gasteiger partial charge < -0.3 is 4.74 Å². The number of carbonyl (C=O) groups is 1. The van der Waals surface area contributed by atoms with Crippen LogP contribution in [0.1, 0.15) is 52.4 Å². The Bertz CT molecular complexity index is 485. The third-order valence-corrected chi connectivity index (χ3v) is 6.57. The number of rotatable bonds is 6. The van der Waals surface area contributed by atoms with Crippen LogP contribution in [0, 0.1) is 17.3 Å². The fraction of sp³-hybridized carbons (Fsp3) is 0.938. The van der Waals surface area contributed by atoms with Gasteiger partial charge in [0.25, 0.3) is 0 Å². The standard InChI is InChI=1S/C16H28O4S/c1-12(20-10-5-11-21(3,18)19)13-7-8-14-15(17)6-4-9-16(13,14)2/h12-14H,4-11H2,1-3H3. The van der Waals surface area contributed by atoms with Gasteiger partial charge in [0, 0.05) is 25.2 Å². The summed E-state index contributed by atoms with van der Waals surface area (Å²) in [6.07, 6.45) is 6.83. The first-order valence-corrected chi connectivity index (χ1v) is 10.1. The van der Waals surface area contributed by atoms with Gasteiger partial charge >= 0.3 is 0 Å². The topological polar surface area (TPSA) is 60.4 Å². The largest absolute Gasteiger partial charge is 0.378 e. The van der Waals surface area contributed by atoms with E-state index in [1.807, 2.05) is 0 Å². The molecule has 5 heteroatoms. The van der Waals surface area contributed by atoms with Crippen molar-refractivity contribution in [2.75, 3.05) is 18.6 Å². The monoisotopic (exact) mass is 316 g/mol. The summed E-state index contributed by atoms with van der Waals surface area (Å²) in [6.45, 7) is 4.82. The molecule has 21 heavy (non-hydrogen) atoms. The summed E-state index contributed by atoms with van der Waals surface area (Å²) in [4.78, 5) is 12.1. The van der Waals surface area contributed by atoms with E-state index in [0.717, 1.165) is 32.1 Å². The molecule has 2 saturated carbocycles. The lowest BCUT2D eigenvalue weighted by molar-refractivity contribution is -0.131. The number of ketones is 1. The molecular weight excluding hydrogens is 288 g/mol. The van der Waals surface area contributed by atoms with Gasteiger partial charge in [0.05, 0.1) is 11.9 Å². The number of carbonyl (C=O) groups excluding carboxylic acids is 1. The van der Waals surface area contributed by atoms with Crippen molar-refractivity contribution >= 4 is 15.6 Å². The van der Waals surface area contributed by atoms with E-state index in [-0.39, 0.29) is 23.2 Å². The van der Waals surface area contributed by atoms with Crippen LogP contribution in [0.3, 0.4) is 0 Å². The number of hydrogen-bond acceptors (Lipinski definition) is 4. The number of fused-ring (bicyclic) bond motifs is 1. The molecule has 0 radical (unpaired) electrons. The van der Waals surface area contributed by atoms with Crippen molar-refractivity contribution in [3.05, 3.63) is 0 Å². The molecule has 0 spiro atoms. The van der Waals surface area contributed by atoms with Crippen molar-refractivity contribution in [2.45, 2.75) is 58.5 Å².